The highest BCUT2D eigenvalue weighted by molar-refractivity contribution is 5.92. The summed E-state index contributed by atoms with van der Waals surface area (Å²) in [5.74, 6) is -1.04. The van der Waals surface area contributed by atoms with Crippen molar-refractivity contribution in [3.05, 3.63) is 77.1 Å². The van der Waals surface area contributed by atoms with Crippen LogP contribution >= 0.6 is 0 Å². The summed E-state index contributed by atoms with van der Waals surface area (Å²) in [5, 5.41) is 16.8. The smallest absolute Gasteiger partial charge is 0.313 e. The van der Waals surface area contributed by atoms with Crippen LogP contribution in [0.1, 0.15) is 36.4 Å². The van der Waals surface area contributed by atoms with Crippen LogP contribution in [-0.4, -0.2) is 26.8 Å². The van der Waals surface area contributed by atoms with Gasteiger partial charge in [-0.2, -0.15) is 5.10 Å². The van der Waals surface area contributed by atoms with Crippen molar-refractivity contribution in [3.8, 4) is 5.69 Å². The van der Waals surface area contributed by atoms with Crippen LogP contribution in [0, 0.1) is 13.8 Å². The van der Waals surface area contributed by atoms with Crippen LogP contribution in [0.5, 0.6) is 0 Å². The molecule has 1 heterocycles. The maximum absolute atomic E-state index is 12.6. The molecule has 3 rings (SSSR count). The second-order valence-corrected chi connectivity index (χ2v) is 7.63. The van der Waals surface area contributed by atoms with E-state index in [9.17, 15) is 14.7 Å². The summed E-state index contributed by atoms with van der Waals surface area (Å²) in [4.78, 5) is 24.0. The number of para-hydroxylation sites is 1. The molecule has 0 aliphatic carbocycles. The van der Waals surface area contributed by atoms with Crippen LogP contribution in [-0.2, 0) is 21.4 Å². The van der Waals surface area contributed by atoms with Gasteiger partial charge in [-0.3, -0.25) is 9.59 Å². The highest BCUT2D eigenvalue weighted by atomic mass is 16.4. The summed E-state index contributed by atoms with van der Waals surface area (Å²) in [6.07, 6.45) is 0.215. The van der Waals surface area contributed by atoms with Crippen molar-refractivity contribution in [2.24, 2.45) is 0 Å². The molecule has 0 aliphatic heterocycles. The molecule has 0 saturated heterocycles. The molecule has 1 amide bonds. The van der Waals surface area contributed by atoms with E-state index in [0.29, 0.717) is 11.3 Å². The zero-order valence-corrected chi connectivity index (χ0v) is 17.1. The lowest BCUT2D eigenvalue weighted by Gasteiger charge is -2.19. The van der Waals surface area contributed by atoms with E-state index in [1.165, 1.54) is 0 Å². The number of aromatic nitrogens is 2. The van der Waals surface area contributed by atoms with Gasteiger partial charge in [-0.05, 0) is 57.5 Å². The number of rotatable bonds is 6. The van der Waals surface area contributed by atoms with Gasteiger partial charge in [-0.25, -0.2) is 4.68 Å². The predicted octanol–water partition coefficient (Wildman–Crippen LogP) is 4.03. The molecule has 1 aromatic heterocycles. The summed E-state index contributed by atoms with van der Waals surface area (Å²) in [6.45, 7) is 7.16. The van der Waals surface area contributed by atoms with Gasteiger partial charge < -0.3 is 10.4 Å². The molecule has 3 aromatic rings. The number of carboxylic acids is 1. The molecule has 0 atom stereocenters. The zero-order valence-electron chi connectivity index (χ0n) is 17.1. The molecular weight excluding hydrogens is 366 g/mol. The summed E-state index contributed by atoms with van der Waals surface area (Å²) < 4.78 is 1.85. The molecule has 0 fully saturated rings. The fraction of sp³-hybridized carbons (Fsp3) is 0.261. The van der Waals surface area contributed by atoms with E-state index in [2.05, 4.69) is 10.4 Å². The molecule has 6 heteroatoms. The number of hydrogen-bond donors (Lipinski definition) is 2. The largest absolute Gasteiger partial charge is 0.481 e. The number of carbonyl (C=O) groups is 2. The Morgan fingerprint density at radius 3 is 2.24 bits per heavy atom. The van der Waals surface area contributed by atoms with E-state index in [4.69, 9.17) is 0 Å². The third-order valence-corrected chi connectivity index (χ3v) is 5.20. The SMILES string of the molecule is Cc1nn(-c2ccccc2)c(C)c1CC(=O)Nc1ccc(C(C)(C)C(=O)O)cc1. The minimum absolute atomic E-state index is 0.144. The molecule has 0 spiro atoms. The van der Waals surface area contributed by atoms with Gasteiger partial charge in [0, 0.05) is 16.9 Å². The van der Waals surface area contributed by atoms with Crippen molar-refractivity contribution in [2.75, 3.05) is 5.32 Å². The molecule has 29 heavy (non-hydrogen) atoms. The molecular formula is C23H25N3O3. The number of anilines is 1. The Bertz CT molecular complexity index is 1040. The number of benzene rings is 2. The van der Waals surface area contributed by atoms with Gasteiger partial charge in [0.15, 0.2) is 0 Å². The summed E-state index contributed by atoms with van der Waals surface area (Å²) in [7, 11) is 0. The van der Waals surface area contributed by atoms with E-state index < -0.39 is 11.4 Å². The Morgan fingerprint density at radius 2 is 1.66 bits per heavy atom. The molecule has 2 N–H and O–H groups in total. The average Bonchev–Trinajstić information content (AvgIpc) is 2.97. The van der Waals surface area contributed by atoms with Crippen molar-refractivity contribution in [1.82, 2.24) is 9.78 Å². The normalized spacial score (nSPS) is 11.3. The fourth-order valence-electron chi connectivity index (χ4n) is 3.21. The Hall–Kier alpha value is -3.41. The fourth-order valence-corrected chi connectivity index (χ4v) is 3.21. The Balaban J connectivity index is 1.73. The zero-order chi connectivity index (χ0) is 21.2. The summed E-state index contributed by atoms with van der Waals surface area (Å²) in [6, 6.07) is 16.7. The van der Waals surface area contributed by atoms with Gasteiger partial charge in [0.25, 0.3) is 0 Å². The number of nitrogens with one attached hydrogen (secondary N) is 1. The quantitative estimate of drug-likeness (QED) is 0.664. The molecule has 0 unspecified atom stereocenters. The van der Waals surface area contributed by atoms with Crippen molar-refractivity contribution in [3.63, 3.8) is 0 Å². The highest BCUT2D eigenvalue weighted by Crippen LogP contribution is 2.25. The number of aliphatic carboxylic acids is 1. The molecule has 6 nitrogen and oxygen atoms in total. The average molecular weight is 391 g/mol. The number of amides is 1. The number of aryl methyl sites for hydroxylation is 1. The van der Waals surface area contributed by atoms with E-state index in [1.54, 1.807) is 38.1 Å². The Labute approximate surface area is 170 Å². The van der Waals surface area contributed by atoms with Crippen molar-refractivity contribution < 1.29 is 14.7 Å². The highest BCUT2D eigenvalue weighted by Gasteiger charge is 2.29. The second kappa shape index (κ2) is 7.91. The van der Waals surface area contributed by atoms with Crippen molar-refractivity contribution in [2.45, 2.75) is 39.5 Å². The Kier molecular flexibility index (Phi) is 5.55. The minimum atomic E-state index is -0.983. The first-order valence-electron chi connectivity index (χ1n) is 9.44. The van der Waals surface area contributed by atoms with Gasteiger partial charge in [0.1, 0.15) is 0 Å². The molecule has 0 saturated carbocycles. The van der Waals surface area contributed by atoms with E-state index in [0.717, 1.165) is 22.6 Å². The monoisotopic (exact) mass is 391 g/mol. The van der Waals surface area contributed by atoms with Crippen LogP contribution in [0.3, 0.4) is 0 Å². The van der Waals surface area contributed by atoms with E-state index >= 15 is 0 Å². The number of carboxylic acid groups (broad SMARTS) is 1. The molecule has 0 bridgehead atoms. The number of nitrogens with zero attached hydrogens (tertiary/aromatic N) is 2. The maximum Gasteiger partial charge on any atom is 0.313 e. The molecule has 150 valence electrons. The minimum Gasteiger partial charge on any atom is -0.481 e. The number of carbonyl (C=O) groups excluding carboxylic acids is 1. The molecule has 2 aromatic carbocycles. The van der Waals surface area contributed by atoms with Crippen LogP contribution in [0.4, 0.5) is 5.69 Å². The first-order valence-corrected chi connectivity index (χ1v) is 9.44. The Morgan fingerprint density at radius 1 is 1.03 bits per heavy atom. The summed E-state index contributed by atoms with van der Waals surface area (Å²) >= 11 is 0. The lowest BCUT2D eigenvalue weighted by Crippen LogP contribution is -2.28. The van der Waals surface area contributed by atoms with Gasteiger partial charge in [0.2, 0.25) is 5.91 Å². The van der Waals surface area contributed by atoms with Crippen molar-refractivity contribution >= 4 is 17.6 Å². The van der Waals surface area contributed by atoms with Gasteiger partial charge >= 0.3 is 5.97 Å². The van der Waals surface area contributed by atoms with Crippen LogP contribution in [0.25, 0.3) is 5.69 Å². The lowest BCUT2D eigenvalue weighted by atomic mass is 9.85. The van der Waals surface area contributed by atoms with Crippen LogP contribution in [0.15, 0.2) is 54.6 Å². The van der Waals surface area contributed by atoms with Crippen LogP contribution in [0.2, 0.25) is 0 Å². The first kappa shape index (κ1) is 20.3. The summed E-state index contributed by atoms with van der Waals surface area (Å²) in [5.41, 5.74) is 3.93. The topological polar surface area (TPSA) is 84.2 Å². The third-order valence-electron chi connectivity index (χ3n) is 5.20. The van der Waals surface area contributed by atoms with Gasteiger partial charge in [-0.15, -0.1) is 0 Å². The van der Waals surface area contributed by atoms with Crippen molar-refractivity contribution in [1.29, 1.82) is 0 Å². The van der Waals surface area contributed by atoms with E-state index in [1.807, 2.05) is 48.9 Å². The van der Waals surface area contributed by atoms with Gasteiger partial charge in [0.05, 0.1) is 23.2 Å². The maximum atomic E-state index is 12.6. The lowest BCUT2D eigenvalue weighted by molar-refractivity contribution is -0.142. The number of hydrogen-bond acceptors (Lipinski definition) is 3. The predicted molar refractivity (Wildman–Crippen MR) is 112 cm³/mol. The molecule has 0 radical (unpaired) electrons. The second-order valence-electron chi connectivity index (χ2n) is 7.63. The van der Waals surface area contributed by atoms with Gasteiger partial charge in [-0.1, -0.05) is 30.3 Å². The standard InChI is InChI=1S/C23H25N3O3/c1-15-20(16(2)26(25-15)19-8-6-5-7-9-19)14-21(27)24-18-12-10-17(11-13-18)23(3,4)22(28)29/h5-13H,14H2,1-4H3,(H,24,27)(H,28,29). The van der Waals surface area contributed by atoms with E-state index in [-0.39, 0.29) is 12.3 Å². The van der Waals surface area contributed by atoms with Crippen LogP contribution < -0.4 is 5.32 Å². The molecule has 0 aliphatic rings. The first-order chi connectivity index (χ1) is 13.7. The third kappa shape index (κ3) is 4.21.